The van der Waals surface area contributed by atoms with Crippen molar-refractivity contribution >= 4 is 32.7 Å². The SMILES string of the molecule is CC(C)c1nn(-c2ccc(F)cc2)c2nc(C(=O)NS(C)(=O)=O)cc(N3CCN(C4CCC4)CC3)c12. The van der Waals surface area contributed by atoms with Crippen molar-refractivity contribution < 1.29 is 17.6 Å². The number of rotatable bonds is 6. The number of nitrogens with zero attached hydrogens (tertiary/aromatic N) is 5. The van der Waals surface area contributed by atoms with Crippen molar-refractivity contribution in [3.8, 4) is 5.69 Å². The van der Waals surface area contributed by atoms with E-state index < -0.39 is 15.9 Å². The Morgan fingerprint density at radius 1 is 1.11 bits per heavy atom. The highest BCUT2D eigenvalue weighted by Crippen LogP contribution is 2.36. The van der Waals surface area contributed by atoms with Gasteiger partial charge in [0.15, 0.2) is 5.65 Å². The molecule has 2 aliphatic rings. The van der Waals surface area contributed by atoms with Crippen molar-refractivity contribution in [1.82, 2.24) is 24.4 Å². The quantitative estimate of drug-likeness (QED) is 0.540. The summed E-state index contributed by atoms with van der Waals surface area (Å²) in [6.45, 7) is 7.48. The number of pyridine rings is 1. The van der Waals surface area contributed by atoms with Crippen LogP contribution in [-0.2, 0) is 10.0 Å². The topological polar surface area (TPSA) is 100 Å². The Bertz CT molecular complexity index is 1390. The zero-order valence-electron chi connectivity index (χ0n) is 20.7. The number of sulfonamides is 1. The molecule has 0 bridgehead atoms. The van der Waals surface area contributed by atoms with Crippen LogP contribution in [0.1, 0.15) is 55.2 Å². The van der Waals surface area contributed by atoms with Crippen LogP contribution in [0.15, 0.2) is 30.3 Å². The normalized spacial score (nSPS) is 17.5. The summed E-state index contributed by atoms with van der Waals surface area (Å²) < 4.78 is 40.8. The van der Waals surface area contributed by atoms with Gasteiger partial charge < -0.3 is 4.90 Å². The highest BCUT2D eigenvalue weighted by atomic mass is 32.2. The van der Waals surface area contributed by atoms with E-state index in [1.807, 2.05) is 18.6 Å². The number of carbonyl (C=O) groups excluding carboxylic acids is 1. The second kappa shape index (κ2) is 9.44. The molecule has 2 aromatic heterocycles. The van der Waals surface area contributed by atoms with Crippen LogP contribution in [0.4, 0.5) is 10.1 Å². The maximum atomic E-state index is 13.6. The summed E-state index contributed by atoms with van der Waals surface area (Å²) in [5.74, 6) is -1.11. The first-order valence-corrected chi connectivity index (χ1v) is 14.2. The van der Waals surface area contributed by atoms with Crippen molar-refractivity contribution in [3.05, 3.63) is 47.5 Å². The predicted molar refractivity (Wildman–Crippen MR) is 137 cm³/mol. The Labute approximate surface area is 210 Å². The number of halogens is 1. The van der Waals surface area contributed by atoms with Crippen molar-refractivity contribution in [3.63, 3.8) is 0 Å². The number of hydrogen-bond acceptors (Lipinski definition) is 7. The monoisotopic (exact) mass is 514 g/mol. The fraction of sp³-hybridized carbons (Fsp3) is 0.480. The third-order valence-electron chi connectivity index (χ3n) is 7.02. The summed E-state index contributed by atoms with van der Waals surface area (Å²) in [6.07, 6.45) is 4.72. The average molecular weight is 515 g/mol. The van der Waals surface area contributed by atoms with Gasteiger partial charge in [-0.1, -0.05) is 20.3 Å². The smallest absolute Gasteiger partial charge is 0.283 e. The van der Waals surface area contributed by atoms with Gasteiger partial charge in [0.25, 0.3) is 5.91 Å². The van der Waals surface area contributed by atoms with Gasteiger partial charge in [-0.05, 0) is 49.1 Å². The minimum atomic E-state index is -3.78. The number of aromatic nitrogens is 3. The molecule has 1 N–H and O–H groups in total. The third kappa shape index (κ3) is 4.81. The molecule has 192 valence electrons. The van der Waals surface area contributed by atoms with Crippen LogP contribution in [0.3, 0.4) is 0 Å². The number of benzene rings is 1. The van der Waals surface area contributed by atoms with Gasteiger partial charge >= 0.3 is 0 Å². The van der Waals surface area contributed by atoms with Gasteiger partial charge in [-0.3, -0.25) is 9.69 Å². The van der Waals surface area contributed by atoms with E-state index in [0.717, 1.165) is 49.2 Å². The molecule has 1 saturated carbocycles. The summed E-state index contributed by atoms with van der Waals surface area (Å²) in [5, 5.41) is 5.65. The summed E-state index contributed by atoms with van der Waals surface area (Å²) in [5.41, 5.74) is 2.64. The molecule has 3 aromatic rings. The lowest BCUT2D eigenvalue weighted by molar-refractivity contribution is 0.0977. The first-order chi connectivity index (χ1) is 17.1. The summed E-state index contributed by atoms with van der Waals surface area (Å²) in [4.78, 5) is 22.2. The lowest BCUT2D eigenvalue weighted by Crippen LogP contribution is -2.52. The summed E-state index contributed by atoms with van der Waals surface area (Å²) in [7, 11) is -3.78. The largest absolute Gasteiger partial charge is 0.368 e. The molecular weight excluding hydrogens is 483 g/mol. The average Bonchev–Trinajstić information content (AvgIpc) is 3.17. The predicted octanol–water partition coefficient (Wildman–Crippen LogP) is 3.05. The number of amides is 1. The molecule has 1 aromatic carbocycles. The van der Waals surface area contributed by atoms with Gasteiger partial charge in [-0.2, -0.15) is 5.10 Å². The molecule has 1 amide bonds. The number of hydrogen-bond donors (Lipinski definition) is 1. The summed E-state index contributed by atoms with van der Waals surface area (Å²) in [6, 6.07) is 8.23. The molecule has 1 aliphatic heterocycles. The van der Waals surface area contributed by atoms with Crippen molar-refractivity contribution in [2.45, 2.75) is 45.1 Å². The van der Waals surface area contributed by atoms with Crippen LogP contribution < -0.4 is 9.62 Å². The number of nitrogens with one attached hydrogen (secondary N) is 1. The summed E-state index contributed by atoms with van der Waals surface area (Å²) >= 11 is 0. The Morgan fingerprint density at radius 3 is 2.33 bits per heavy atom. The number of carbonyl (C=O) groups is 1. The van der Waals surface area contributed by atoms with Crippen LogP contribution in [0.5, 0.6) is 0 Å². The minimum absolute atomic E-state index is 0.0112. The van der Waals surface area contributed by atoms with E-state index >= 15 is 0 Å². The molecule has 0 unspecified atom stereocenters. The van der Waals surface area contributed by atoms with E-state index in [2.05, 4.69) is 14.8 Å². The van der Waals surface area contributed by atoms with E-state index in [4.69, 9.17) is 5.10 Å². The second-order valence-electron chi connectivity index (χ2n) is 9.96. The molecule has 9 nitrogen and oxygen atoms in total. The van der Waals surface area contributed by atoms with Crippen LogP contribution in [0.2, 0.25) is 0 Å². The number of anilines is 1. The lowest BCUT2D eigenvalue weighted by atomic mass is 9.91. The van der Waals surface area contributed by atoms with E-state index in [1.165, 1.54) is 31.4 Å². The van der Waals surface area contributed by atoms with E-state index in [-0.39, 0.29) is 17.4 Å². The van der Waals surface area contributed by atoms with E-state index in [9.17, 15) is 17.6 Å². The molecule has 0 radical (unpaired) electrons. The van der Waals surface area contributed by atoms with Gasteiger partial charge in [0, 0.05) is 32.2 Å². The standard InChI is InChI=1S/C25H31FN6O3S/c1-16(2)23-22-21(31-13-11-30(12-14-31)18-5-4-6-18)15-20(25(33)29-36(3,34)35)27-24(22)32(28-23)19-9-7-17(26)8-10-19/h7-10,15-16,18H,4-6,11-14H2,1-3H3,(H,29,33). The zero-order valence-corrected chi connectivity index (χ0v) is 21.6. The van der Waals surface area contributed by atoms with Crippen molar-refractivity contribution in [1.29, 1.82) is 0 Å². The Hall–Kier alpha value is -3.05. The molecule has 0 spiro atoms. The molecule has 3 heterocycles. The second-order valence-corrected chi connectivity index (χ2v) is 11.7. The molecule has 0 atom stereocenters. The van der Waals surface area contributed by atoms with Crippen LogP contribution in [0, 0.1) is 5.82 Å². The van der Waals surface area contributed by atoms with Gasteiger partial charge in [0.05, 0.1) is 28.7 Å². The highest BCUT2D eigenvalue weighted by molar-refractivity contribution is 7.89. The highest BCUT2D eigenvalue weighted by Gasteiger charge is 2.31. The maximum Gasteiger partial charge on any atom is 0.283 e. The molecule has 1 aliphatic carbocycles. The molecule has 5 rings (SSSR count). The first kappa shape index (κ1) is 24.6. The van der Waals surface area contributed by atoms with Gasteiger partial charge in [-0.25, -0.2) is 27.2 Å². The number of piperazine rings is 1. The molecule has 11 heteroatoms. The zero-order chi connectivity index (χ0) is 25.6. The Kier molecular flexibility index (Phi) is 6.46. The molecule has 36 heavy (non-hydrogen) atoms. The first-order valence-electron chi connectivity index (χ1n) is 12.3. The molecular formula is C25H31FN6O3S. The van der Waals surface area contributed by atoms with Gasteiger partial charge in [0.1, 0.15) is 11.5 Å². The van der Waals surface area contributed by atoms with Gasteiger partial charge in [0.2, 0.25) is 10.0 Å². The third-order valence-corrected chi connectivity index (χ3v) is 7.58. The van der Waals surface area contributed by atoms with Crippen molar-refractivity contribution in [2.24, 2.45) is 0 Å². The van der Waals surface area contributed by atoms with Crippen molar-refractivity contribution in [2.75, 3.05) is 37.3 Å². The van der Waals surface area contributed by atoms with E-state index in [1.54, 1.807) is 22.9 Å². The van der Waals surface area contributed by atoms with Gasteiger partial charge in [-0.15, -0.1) is 0 Å². The fourth-order valence-electron chi connectivity index (χ4n) is 4.96. The molecule has 1 saturated heterocycles. The number of fused-ring (bicyclic) bond motifs is 1. The van der Waals surface area contributed by atoms with Crippen LogP contribution in [-0.4, -0.2) is 72.5 Å². The fourth-order valence-corrected chi connectivity index (χ4v) is 5.40. The van der Waals surface area contributed by atoms with Crippen LogP contribution in [0.25, 0.3) is 16.7 Å². The van der Waals surface area contributed by atoms with E-state index in [0.29, 0.717) is 17.4 Å². The van der Waals surface area contributed by atoms with Crippen LogP contribution >= 0.6 is 0 Å². The maximum absolute atomic E-state index is 13.6. The Balaban J connectivity index is 1.65. The minimum Gasteiger partial charge on any atom is -0.368 e. The Morgan fingerprint density at radius 2 is 1.78 bits per heavy atom. The molecule has 2 fully saturated rings. The lowest BCUT2D eigenvalue weighted by Gasteiger charge is -2.43.